The first-order valence-corrected chi connectivity index (χ1v) is 16.2. The number of carboxylic acid groups (broad SMARTS) is 1. The SMILES string of the molecule is CC(=O)SCCCCC[C@H](NC(=O)[C@@H]1CCCN1)C(=O)N[C@@H](CCCCCSC(C)=O)C(=O)N[C@H](C(=O)O)[C@@H](C)O. The van der Waals surface area contributed by atoms with Gasteiger partial charge in [0.1, 0.15) is 12.1 Å². The molecule has 0 bridgehead atoms. The van der Waals surface area contributed by atoms with Gasteiger partial charge in [-0.1, -0.05) is 49.2 Å². The van der Waals surface area contributed by atoms with Crippen LogP contribution in [0.15, 0.2) is 0 Å². The quantitative estimate of drug-likeness (QED) is 0.108. The number of rotatable bonds is 20. The molecule has 12 nitrogen and oxygen atoms in total. The normalized spacial score (nSPS) is 17.6. The average Bonchev–Trinajstić information content (AvgIpc) is 3.44. The molecule has 41 heavy (non-hydrogen) atoms. The monoisotopic (exact) mass is 618 g/mol. The number of aliphatic hydroxyl groups is 1. The van der Waals surface area contributed by atoms with Gasteiger partial charge in [0.15, 0.2) is 16.3 Å². The standard InChI is InChI=1S/C27H46N4O8S2/c1-17(32)23(27(38)39)31-26(37)22(12-7-5-9-16-41-19(3)34)30-25(36)21(11-6-4-8-15-40-18(2)33)29-24(35)20-13-10-14-28-20/h17,20-23,28,32H,4-16H2,1-3H3,(H,29,35)(H,30,36)(H,31,37)(H,38,39)/t17-,20+,21+,22+,23+/m1/s1. The van der Waals surface area contributed by atoms with Crippen LogP contribution in [0, 0.1) is 0 Å². The highest BCUT2D eigenvalue weighted by atomic mass is 32.2. The fraction of sp³-hybridized carbons (Fsp3) is 0.778. The lowest BCUT2D eigenvalue weighted by Crippen LogP contribution is -2.58. The number of carboxylic acids is 1. The first kappa shape index (κ1) is 36.9. The maximum Gasteiger partial charge on any atom is 0.328 e. The molecule has 1 saturated heterocycles. The van der Waals surface area contributed by atoms with Gasteiger partial charge in [0.25, 0.3) is 0 Å². The number of nitrogens with one attached hydrogen (secondary N) is 4. The number of carbonyl (C=O) groups is 6. The van der Waals surface area contributed by atoms with Gasteiger partial charge in [-0.25, -0.2) is 4.79 Å². The molecular weight excluding hydrogens is 572 g/mol. The van der Waals surface area contributed by atoms with E-state index in [2.05, 4.69) is 21.3 Å². The summed E-state index contributed by atoms with van der Waals surface area (Å²) in [6.45, 7) is 4.96. The van der Waals surface area contributed by atoms with Gasteiger partial charge in [-0.3, -0.25) is 24.0 Å². The molecule has 1 aliphatic rings. The third kappa shape index (κ3) is 16.2. The van der Waals surface area contributed by atoms with E-state index in [4.69, 9.17) is 0 Å². The lowest BCUT2D eigenvalue weighted by Gasteiger charge is -2.26. The molecule has 5 atom stereocenters. The molecule has 0 aliphatic carbocycles. The Balaban J connectivity index is 2.91. The van der Waals surface area contributed by atoms with E-state index in [1.807, 2.05) is 0 Å². The van der Waals surface area contributed by atoms with Gasteiger partial charge in [-0.05, 0) is 52.0 Å². The Labute approximate surface area is 250 Å². The summed E-state index contributed by atoms with van der Waals surface area (Å²) in [5.74, 6) is -1.68. The Morgan fingerprint density at radius 2 is 1.32 bits per heavy atom. The van der Waals surface area contributed by atoms with E-state index in [1.165, 1.54) is 44.3 Å². The summed E-state index contributed by atoms with van der Waals surface area (Å²) in [7, 11) is 0. The Hall–Kier alpha value is -2.16. The molecule has 6 N–H and O–H groups in total. The zero-order chi connectivity index (χ0) is 30.8. The van der Waals surface area contributed by atoms with Gasteiger partial charge in [0.2, 0.25) is 17.7 Å². The lowest BCUT2D eigenvalue weighted by atomic mass is 10.0. The van der Waals surface area contributed by atoms with Crippen molar-refractivity contribution < 1.29 is 39.0 Å². The van der Waals surface area contributed by atoms with E-state index in [1.54, 1.807) is 0 Å². The van der Waals surface area contributed by atoms with Crippen LogP contribution in [0.5, 0.6) is 0 Å². The summed E-state index contributed by atoms with van der Waals surface area (Å²) < 4.78 is 0. The van der Waals surface area contributed by atoms with Crippen molar-refractivity contribution in [2.45, 2.75) is 115 Å². The molecular formula is C27H46N4O8S2. The van der Waals surface area contributed by atoms with Crippen molar-refractivity contribution in [1.29, 1.82) is 0 Å². The van der Waals surface area contributed by atoms with Gasteiger partial charge in [-0.15, -0.1) is 0 Å². The maximum atomic E-state index is 13.4. The predicted octanol–water partition coefficient (Wildman–Crippen LogP) is 1.34. The number of hydrogen-bond donors (Lipinski definition) is 6. The van der Waals surface area contributed by atoms with Gasteiger partial charge < -0.3 is 31.5 Å². The minimum absolute atomic E-state index is 0.0193. The summed E-state index contributed by atoms with van der Waals surface area (Å²) in [5.41, 5.74) is 0. The largest absolute Gasteiger partial charge is 0.480 e. The van der Waals surface area contributed by atoms with Gasteiger partial charge in [0.05, 0.1) is 12.1 Å². The highest BCUT2D eigenvalue weighted by molar-refractivity contribution is 8.13. The molecule has 0 saturated carbocycles. The van der Waals surface area contributed by atoms with Crippen molar-refractivity contribution in [3.8, 4) is 0 Å². The minimum atomic E-state index is -1.55. The number of aliphatic carboxylic acids is 1. The van der Waals surface area contributed by atoms with Crippen LogP contribution in [0.25, 0.3) is 0 Å². The highest BCUT2D eigenvalue weighted by Crippen LogP contribution is 2.13. The number of hydrogen-bond acceptors (Lipinski definition) is 10. The van der Waals surface area contributed by atoms with E-state index in [9.17, 15) is 39.0 Å². The minimum Gasteiger partial charge on any atom is -0.480 e. The van der Waals surface area contributed by atoms with Crippen LogP contribution in [0.3, 0.4) is 0 Å². The van der Waals surface area contributed by atoms with Crippen LogP contribution in [-0.2, 0) is 28.8 Å². The molecule has 1 aliphatic heterocycles. The van der Waals surface area contributed by atoms with Crippen LogP contribution in [-0.4, -0.2) is 92.5 Å². The van der Waals surface area contributed by atoms with Crippen LogP contribution in [0.1, 0.15) is 85.0 Å². The molecule has 0 aromatic carbocycles. The molecule has 0 aromatic rings. The van der Waals surface area contributed by atoms with Crippen LogP contribution in [0.4, 0.5) is 0 Å². The average molecular weight is 619 g/mol. The fourth-order valence-electron chi connectivity index (χ4n) is 4.32. The molecule has 0 radical (unpaired) electrons. The van der Waals surface area contributed by atoms with Crippen LogP contribution in [0.2, 0.25) is 0 Å². The Kier molecular flexibility index (Phi) is 18.6. The molecule has 234 valence electrons. The smallest absolute Gasteiger partial charge is 0.328 e. The van der Waals surface area contributed by atoms with E-state index in [0.717, 1.165) is 25.7 Å². The number of unbranched alkanes of at least 4 members (excludes halogenated alkanes) is 4. The van der Waals surface area contributed by atoms with Crippen LogP contribution < -0.4 is 21.3 Å². The molecule has 0 spiro atoms. The Bertz CT molecular complexity index is 883. The van der Waals surface area contributed by atoms with E-state index in [0.29, 0.717) is 50.2 Å². The number of aliphatic hydroxyl groups excluding tert-OH is 1. The molecule has 1 rings (SSSR count). The van der Waals surface area contributed by atoms with Crippen molar-refractivity contribution in [2.24, 2.45) is 0 Å². The molecule has 1 heterocycles. The summed E-state index contributed by atoms with van der Waals surface area (Å²) in [4.78, 5) is 73.1. The van der Waals surface area contributed by atoms with Crippen LogP contribution >= 0.6 is 23.5 Å². The second-order valence-corrected chi connectivity index (χ2v) is 12.8. The third-order valence-corrected chi connectivity index (χ3v) is 8.37. The van der Waals surface area contributed by atoms with Crippen molar-refractivity contribution in [3.05, 3.63) is 0 Å². The summed E-state index contributed by atoms with van der Waals surface area (Å²) in [5, 5.41) is 30.2. The molecule has 1 fully saturated rings. The van der Waals surface area contributed by atoms with E-state index >= 15 is 0 Å². The second-order valence-electron chi connectivity index (χ2n) is 10.2. The van der Waals surface area contributed by atoms with Crippen molar-refractivity contribution in [2.75, 3.05) is 18.1 Å². The number of amides is 3. The van der Waals surface area contributed by atoms with Gasteiger partial charge in [-0.2, -0.15) is 0 Å². The zero-order valence-corrected chi connectivity index (χ0v) is 25.9. The fourth-order valence-corrected chi connectivity index (χ4v) is 5.59. The molecule has 0 unspecified atom stereocenters. The van der Waals surface area contributed by atoms with Gasteiger partial charge in [0, 0.05) is 25.4 Å². The predicted molar refractivity (Wildman–Crippen MR) is 159 cm³/mol. The van der Waals surface area contributed by atoms with E-state index < -0.39 is 48.1 Å². The number of thioether (sulfide) groups is 2. The summed E-state index contributed by atoms with van der Waals surface area (Å²) in [6, 6.07) is -3.93. The van der Waals surface area contributed by atoms with E-state index in [-0.39, 0.29) is 22.6 Å². The van der Waals surface area contributed by atoms with Gasteiger partial charge >= 0.3 is 5.97 Å². The lowest BCUT2D eigenvalue weighted by molar-refractivity contribution is -0.145. The van der Waals surface area contributed by atoms with Crippen molar-refractivity contribution >= 4 is 57.4 Å². The first-order chi connectivity index (χ1) is 19.4. The Morgan fingerprint density at radius 3 is 1.76 bits per heavy atom. The third-order valence-electron chi connectivity index (χ3n) is 6.57. The topological polar surface area (TPSA) is 191 Å². The first-order valence-electron chi connectivity index (χ1n) is 14.2. The summed E-state index contributed by atoms with van der Waals surface area (Å²) >= 11 is 2.45. The molecule has 3 amide bonds. The number of carbonyl (C=O) groups excluding carboxylic acids is 5. The second kappa shape index (κ2) is 20.7. The summed E-state index contributed by atoms with van der Waals surface area (Å²) in [6.07, 6.45) is 4.77. The molecule has 0 aromatic heterocycles. The maximum absolute atomic E-state index is 13.4. The zero-order valence-electron chi connectivity index (χ0n) is 24.2. The van der Waals surface area contributed by atoms with Crippen molar-refractivity contribution in [1.82, 2.24) is 21.3 Å². The van der Waals surface area contributed by atoms with Crippen molar-refractivity contribution in [3.63, 3.8) is 0 Å². The molecule has 14 heteroatoms. The highest BCUT2D eigenvalue weighted by Gasteiger charge is 2.32. The Morgan fingerprint density at radius 1 is 0.805 bits per heavy atom.